The van der Waals surface area contributed by atoms with Crippen molar-refractivity contribution in [2.24, 2.45) is 5.92 Å². The van der Waals surface area contributed by atoms with Crippen LogP contribution in [0.2, 0.25) is 0 Å². The molecule has 2 atom stereocenters. The van der Waals surface area contributed by atoms with Crippen molar-refractivity contribution in [3.8, 4) is 0 Å². The first-order valence-electron chi connectivity index (χ1n) is 7.02. The van der Waals surface area contributed by atoms with Crippen molar-refractivity contribution in [1.82, 2.24) is 14.7 Å². The topological polar surface area (TPSA) is 75.4 Å². The molecule has 1 aliphatic rings. The molecule has 110 valence electrons. The van der Waals surface area contributed by atoms with Gasteiger partial charge in [0, 0.05) is 30.8 Å². The Labute approximate surface area is 118 Å². The first kappa shape index (κ1) is 14.6. The number of hydrogen-bond acceptors (Lipinski definition) is 3. The second-order valence-corrected chi connectivity index (χ2v) is 5.46. The molecule has 1 fully saturated rings. The summed E-state index contributed by atoms with van der Waals surface area (Å²) < 4.78 is 1.79. The molecule has 6 heteroatoms. The van der Waals surface area contributed by atoms with Gasteiger partial charge in [0.15, 0.2) is 0 Å². The molecule has 1 aliphatic heterocycles. The van der Waals surface area contributed by atoms with E-state index in [2.05, 4.69) is 5.10 Å². The van der Waals surface area contributed by atoms with Gasteiger partial charge in [0.2, 0.25) is 5.91 Å². The number of hydrogen-bond donors (Lipinski definition) is 1. The average Bonchev–Trinajstić information content (AvgIpc) is 2.87. The lowest BCUT2D eigenvalue weighted by molar-refractivity contribution is -0.151. The smallest absolute Gasteiger partial charge is 0.308 e. The number of nitrogens with zero attached hydrogens (tertiary/aromatic N) is 3. The van der Waals surface area contributed by atoms with E-state index in [1.54, 1.807) is 15.8 Å². The van der Waals surface area contributed by atoms with E-state index < -0.39 is 17.9 Å². The zero-order valence-electron chi connectivity index (χ0n) is 12.1. The van der Waals surface area contributed by atoms with E-state index in [9.17, 15) is 14.7 Å². The highest BCUT2D eigenvalue weighted by molar-refractivity contribution is 5.81. The van der Waals surface area contributed by atoms with Gasteiger partial charge in [-0.3, -0.25) is 14.3 Å². The number of carboxylic acids is 1. The van der Waals surface area contributed by atoms with Crippen molar-refractivity contribution in [1.29, 1.82) is 0 Å². The van der Waals surface area contributed by atoms with E-state index in [1.807, 2.05) is 27.0 Å². The van der Waals surface area contributed by atoms with E-state index >= 15 is 0 Å². The molecule has 0 saturated carbocycles. The number of aromatic nitrogens is 2. The number of piperidine rings is 1. The molecule has 20 heavy (non-hydrogen) atoms. The lowest BCUT2D eigenvalue weighted by Gasteiger charge is -2.38. The summed E-state index contributed by atoms with van der Waals surface area (Å²) in [5.41, 5.74) is 0.806. The molecular weight excluding hydrogens is 258 g/mol. The molecule has 2 rings (SSSR count). The zero-order valence-corrected chi connectivity index (χ0v) is 12.1. The highest BCUT2D eigenvalue weighted by Crippen LogP contribution is 2.36. The fourth-order valence-corrected chi connectivity index (χ4v) is 2.78. The summed E-state index contributed by atoms with van der Waals surface area (Å²) >= 11 is 0. The third-order valence-corrected chi connectivity index (χ3v) is 3.86. The van der Waals surface area contributed by atoms with Gasteiger partial charge in [-0.1, -0.05) is 0 Å². The van der Waals surface area contributed by atoms with E-state index in [0.717, 1.165) is 5.56 Å². The molecule has 0 aliphatic carbocycles. The fraction of sp³-hybridized carbons (Fsp3) is 0.643. The van der Waals surface area contributed by atoms with Crippen LogP contribution >= 0.6 is 0 Å². The van der Waals surface area contributed by atoms with Crippen LogP contribution in [-0.2, 0) is 9.59 Å². The maximum Gasteiger partial charge on any atom is 0.308 e. The summed E-state index contributed by atoms with van der Waals surface area (Å²) in [6.07, 6.45) is 4.23. The van der Waals surface area contributed by atoms with Crippen LogP contribution in [0.1, 0.15) is 51.3 Å². The number of amides is 1. The molecule has 0 bridgehead atoms. The van der Waals surface area contributed by atoms with Gasteiger partial charge < -0.3 is 10.0 Å². The zero-order chi connectivity index (χ0) is 14.9. The second kappa shape index (κ2) is 5.64. The van der Waals surface area contributed by atoms with Crippen LogP contribution in [-0.4, -0.2) is 38.2 Å². The fourth-order valence-electron chi connectivity index (χ4n) is 2.78. The van der Waals surface area contributed by atoms with Crippen LogP contribution in [0, 0.1) is 5.92 Å². The first-order valence-corrected chi connectivity index (χ1v) is 7.02. The normalized spacial score (nSPS) is 23.4. The van der Waals surface area contributed by atoms with Crippen molar-refractivity contribution in [2.45, 2.75) is 45.7 Å². The maximum absolute atomic E-state index is 12.0. The van der Waals surface area contributed by atoms with Gasteiger partial charge in [0.1, 0.15) is 0 Å². The van der Waals surface area contributed by atoms with E-state index in [4.69, 9.17) is 0 Å². The molecule has 1 amide bonds. The lowest BCUT2D eigenvalue weighted by Crippen LogP contribution is -2.45. The molecule has 0 aromatic carbocycles. The summed E-state index contributed by atoms with van der Waals surface area (Å²) in [4.78, 5) is 25.2. The number of likely N-dealkylation sites (tertiary alicyclic amines) is 1. The van der Waals surface area contributed by atoms with Gasteiger partial charge in [0.05, 0.1) is 18.2 Å². The third kappa shape index (κ3) is 2.55. The SMILES string of the molecule is CCN1C(=O)CCC(C(=O)O)C1c1cnn(C(C)C)c1. The Morgan fingerprint density at radius 2 is 2.25 bits per heavy atom. The molecule has 0 radical (unpaired) electrons. The van der Waals surface area contributed by atoms with Crippen molar-refractivity contribution in [3.05, 3.63) is 18.0 Å². The quantitative estimate of drug-likeness (QED) is 0.912. The highest BCUT2D eigenvalue weighted by Gasteiger charge is 2.40. The minimum Gasteiger partial charge on any atom is -0.481 e. The highest BCUT2D eigenvalue weighted by atomic mass is 16.4. The van der Waals surface area contributed by atoms with Gasteiger partial charge in [-0.15, -0.1) is 0 Å². The van der Waals surface area contributed by atoms with Crippen LogP contribution in [0.5, 0.6) is 0 Å². The standard InChI is InChI=1S/C14H21N3O3/c1-4-16-12(18)6-5-11(14(19)20)13(16)10-7-15-17(8-10)9(2)3/h7-9,11,13H,4-6H2,1-3H3,(H,19,20). The molecular formula is C14H21N3O3. The minimum absolute atomic E-state index is 0.0206. The third-order valence-electron chi connectivity index (χ3n) is 3.86. The summed E-state index contributed by atoms with van der Waals surface area (Å²) in [7, 11) is 0. The number of rotatable bonds is 4. The molecule has 6 nitrogen and oxygen atoms in total. The molecule has 2 heterocycles. The van der Waals surface area contributed by atoms with E-state index in [-0.39, 0.29) is 11.9 Å². The summed E-state index contributed by atoms with van der Waals surface area (Å²) in [6, 6.07) is -0.201. The molecule has 0 spiro atoms. The van der Waals surface area contributed by atoms with Gasteiger partial charge in [-0.25, -0.2) is 0 Å². The van der Waals surface area contributed by atoms with Gasteiger partial charge in [0.25, 0.3) is 0 Å². The maximum atomic E-state index is 12.0. The van der Waals surface area contributed by atoms with Crippen molar-refractivity contribution in [3.63, 3.8) is 0 Å². The van der Waals surface area contributed by atoms with Gasteiger partial charge in [-0.2, -0.15) is 5.10 Å². The van der Waals surface area contributed by atoms with Crippen LogP contribution in [0.4, 0.5) is 0 Å². The Morgan fingerprint density at radius 3 is 2.75 bits per heavy atom. The molecule has 1 aromatic heterocycles. The van der Waals surface area contributed by atoms with Crippen LogP contribution in [0.15, 0.2) is 12.4 Å². The van der Waals surface area contributed by atoms with Crippen molar-refractivity contribution < 1.29 is 14.7 Å². The largest absolute Gasteiger partial charge is 0.481 e. The molecule has 1 saturated heterocycles. The predicted molar refractivity (Wildman–Crippen MR) is 73.1 cm³/mol. The Bertz CT molecular complexity index is 508. The second-order valence-electron chi connectivity index (χ2n) is 5.46. The Morgan fingerprint density at radius 1 is 1.55 bits per heavy atom. The Balaban J connectivity index is 2.38. The first-order chi connectivity index (χ1) is 9.45. The van der Waals surface area contributed by atoms with Crippen LogP contribution in [0.25, 0.3) is 0 Å². The van der Waals surface area contributed by atoms with Gasteiger partial charge in [-0.05, 0) is 27.2 Å². The Hall–Kier alpha value is -1.85. The van der Waals surface area contributed by atoms with Crippen LogP contribution < -0.4 is 0 Å². The van der Waals surface area contributed by atoms with Gasteiger partial charge >= 0.3 is 5.97 Å². The van der Waals surface area contributed by atoms with Crippen LogP contribution in [0.3, 0.4) is 0 Å². The van der Waals surface area contributed by atoms with E-state index in [1.165, 1.54) is 0 Å². The predicted octanol–water partition coefficient (Wildman–Crippen LogP) is 1.85. The summed E-state index contributed by atoms with van der Waals surface area (Å²) in [6.45, 7) is 6.41. The molecule has 2 unspecified atom stereocenters. The minimum atomic E-state index is -0.849. The average molecular weight is 279 g/mol. The number of carbonyl (C=O) groups is 2. The number of carboxylic acid groups (broad SMARTS) is 1. The molecule has 1 aromatic rings. The monoisotopic (exact) mass is 279 g/mol. The van der Waals surface area contributed by atoms with Crippen molar-refractivity contribution in [2.75, 3.05) is 6.54 Å². The Kier molecular flexibility index (Phi) is 4.11. The number of carbonyl (C=O) groups excluding carboxylic acids is 1. The number of aliphatic carboxylic acids is 1. The molecule has 1 N–H and O–H groups in total. The van der Waals surface area contributed by atoms with E-state index in [0.29, 0.717) is 19.4 Å². The summed E-state index contributed by atoms with van der Waals surface area (Å²) in [5, 5.41) is 13.7. The summed E-state index contributed by atoms with van der Waals surface area (Å²) in [5.74, 6) is -1.39. The van der Waals surface area contributed by atoms with Crippen molar-refractivity contribution >= 4 is 11.9 Å². The lowest BCUT2D eigenvalue weighted by atomic mass is 9.85.